The van der Waals surface area contributed by atoms with Gasteiger partial charge in [-0.05, 0) is 67.0 Å². The Kier molecular flexibility index (Phi) is 6.02. The number of hydrogen-bond acceptors (Lipinski definition) is 2. The van der Waals surface area contributed by atoms with Crippen LogP contribution < -0.4 is 4.74 Å². The Bertz CT molecular complexity index is 617. The molecule has 0 aliphatic carbocycles. The van der Waals surface area contributed by atoms with Gasteiger partial charge in [0.25, 0.3) is 0 Å². The van der Waals surface area contributed by atoms with Gasteiger partial charge in [0.2, 0.25) is 0 Å². The third-order valence-corrected chi connectivity index (χ3v) is 3.91. The Morgan fingerprint density at radius 1 is 0.955 bits per heavy atom. The van der Waals surface area contributed by atoms with E-state index in [1.165, 1.54) is 27.8 Å². The fraction of sp³-hybridized carbons (Fsp3) is 0.400. The summed E-state index contributed by atoms with van der Waals surface area (Å²) in [5.74, 6) is 0.983. The van der Waals surface area contributed by atoms with Gasteiger partial charge in [0.15, 0.2) is 0 Å². The molecule has 118 valence electrons. The van der Waals surface area contributed by atoms with Gasteiger partial charge < -0.3 is 9.84 Å². The lowest BCUT2D eigenvalue weighted by molar-refractivity contribution is 0.299. The highest BCUT2D eigenvalue weighted by atomic mass is 16.5. The largest absolute Gasteiger partial charge is 0.493 e. The van der Waals surface area contributed by atoms with Gasteiger partial charge in [-0.1, -0.05) is 37.3 Å². The average molecular weight is 298 g/mol. The van der Waals surface area contributed by atoms with Gasteiger partial charge in [-0.25, -0.2) is 0 Å². The monoisotopic (exact) mass is 298 g/mol. The molecule has 2 aromatic rings. The summed E-state index contributed by atoms with van der Waals surface area (Å²) in [6.07, 6.45) is 2.66. The maximum atomic E-state index is 9.09. The molecule has 0 heterocycles. The fourth-order valence-corrected chi connectivity index (χ4v) is 2.62. The number of aliphatic hydroxyl groups is 1. The number of aryl methyl sites for hydroxylation is 2. The van der Waals surface area contributed by atoms with Crippen molar-refractivity contribution in [3.8, 4) is 5.75 Å². The molecule has 0 fully saturated rings. The summed E-state index contributed by atoms with van der Waals surface area (Å²) < 4.78 is 5.74. The summed E-state index contributed by atoms with van der Waals surface area (Å²) in [6, 6.07) is 12.9. The maximum Gasteiger partial charge on any atom is 0.122 e. The molecule has 0 radical (unpaired) electrons. The summed E-state index contributed by atoms with van der Waals surface area (Å²) in [6.45, 7) is 7.33. The van der Waals surface area contributed by atoms with E-state index in [0.29, 0.717) is 0 Å². The zero-order valence-corrected chi connectivity index (χ0v) is 13.9. The van der Waals surface area contributed by atoms with Gasteiger partial charge in [0.1, 0.15) is 5.75 Å². The Balaban J connectivity index is 2.16. The van der Waals surface area contributed by atoms with Crippen molar-refractivity contribution in [2.24, 2.45) is 0 Å². The van der Waals surface area contributed by atoms with Gasteiger partial charge in [0.05, 0.1) is 6.61 Å². The second-order valence-corrected chi connectivity index (χ2v) is 5.86. The van der Waals surface area contributed by atoms with Crippen molar-refractivity contribution in [3.05, 3.63) is 64.2 Å². The van der Waals surface area contributed by atoms with Crippen LogP contribution in [0.25, 0.3) is 0 Å². The number of ether oxygens (including phenoxy) is 1. The lowest BCUT2D eigenvalue weighted by Crippen LogP contribution is -1.99. The second kappa shape index (κ2) is 8.00. The highest BCUT2D eigenvalue weighted by molar-refractivity contribution is 5.40. The zero-order valence-electron chi connectivity index (χ0n) is 13.9. The maximum absolute atomic E-state index is 9.09. The summed E-state index contributed by atoms with van der Waals surface area (Å²) >= 11 is 0. The molecular weight excluding hydrogens is 272 g/mol. The molecule has 22 heavy (non-hydrogen) atoms. The minimum atomic E-state index is 0.199. The topological polar surface area (TPSA) is 29.5 Å². The van der Waals surface area contributed by atoms with Gasteiger partial charge in [-0.15, -0.1) is 0 Å². The first-order chi connectivity index (χ1) is 10.6. The second-order valence-electron chi connectivity index (χ2n) is 5.86. The molecule has 0 aromatic heterocycles. The van der Waals surface area contributed by atoms with Crippen molar-refractivity contribution in [2.45, 2.75) is 40.0 Å². The van der Waals surface area contributed by atoms with E-state index in [9.17, 15) is 0 Å². The molecule has 2 rings (SSSR count). The molecule has 0 spiro atoms. The number of rotatable bonds is 7. The van der Waals surface area contributed by atoms with Crippen molar-refractivity contribution >= 4 is 0 Å². The molecule has 0 aliphatic rings. The van der Waals surface area contributed by atoms with Crippen molar-refractivity contribution in [1.82, 2.24) is 0 Å². The van der Waals surface area contributed by atoms with Crippen LogP contribution >= 0.6 is 0 Å². The third kappa shape index (κ3) is 4.35. The molecule has 0 unspecified atom stereocenters. The van der Waals surface area contributed by atoms with Crippen LogP contribution in [0.1, 0.15) is 41.2 Å². The Morgan fingerprint density at radius 3 is 2.41 bits per heavy atom. The van der Waals surface area contributed by atoms with E-state index in [2.05, 4.69) is 57.2 Å². The zero-order chi connectivity index (χ0) is 15.9. The molecule has 0 bridgehead atoms. The van der Waals surface area contributed by atoms with Gasteiger partial charge in [0, 0.05) is 6.61 Å². The Hall–Kier alpha value is -1.80. The van der Waals surface area contributed by atoms with Crippen LogP contribution in [0, 0.1) is 13.8 Å². The predicted octanol–water partition coefficient (Wildman–Crippen LogP) is 4.22. The lowest BCUT2D eigenvalue weighted by atomic mass is 9.96. The highest BCUT2D eigenvalue weighted by Gasteiger charge is 2.05. The fourth-order valence-electron chi connectivity index (χ4n) is 2.62. The third-order valence-electron chi connectivity index (χ3n) is 3.91. The number of hydrogen-bond donors (Lipinski definition) is 1. The van der Waals surface area contributed by atoms with Crippen LogP contribution in [0.3, 0.4) is 0 Å². The standard InChI is InChI=1S/C20H26O2/c1-4-11-22-20-8-7-18(12-16(20)3)14-19-13-17(9-10-21)6-5-15(19)2/h5-8,12-13,21H,4,9-11,14H2,1-3H3. The normalized spacial score (nSPS) is 10.7. The molecule has 0 saturated carbocycles. The quantitative estimate of drug-likeness (QED) is 0.829. The summed E-state index contributed by atoms with van der Waals surface area (Å²) in [5, 5.41) is 9.09. The molecule has 0 aliphatic heterocycles. The minimum Gasteiger partial charge on any atom is -0.493 e. The van der Waals surface area contributed by atoms with Crippen LogP contribution in [-0.2, 0) is 12.8 Å². The van der Waals surface area contributed by atoms with Crippen molar-refractivity contribution in [3.63, 3.8) is 0 Å². The van der Waals surface area contributed by atoms with Crippen LogP contribution in [0.15, 0.2) is 36.4 Å². The molecule has 0 atom stereocenters. The number of benzene rings is 2. The minimum absolute atomic E-state index is 0.199. The van der Waals surface area contributed by atoms with Gasteiger partial charge in [-0.2, -0.15) is 0 Å². The van der Waals surface area contributed by atoms with E-state index in [1.54, 1.807) is 0 Å². The first-order valence-corrected chi connectivity index (χ1v) is 8.05. The Morgan fingerprint density at radius 2 is 1.73 bits per heavy atom. The predicted molar refractivity (Wildman–Crippen MR) is 91.7 cm³/mol. The van der Waals surface area contributed by atoms with E-state index in [1.807, 2.05) is 0 Å². The molecule has 2 nitrogen and oxygen atoms in total. The highest BCUT2D eigenvalue weighted by Crippen LogP contribution is 2.22. The molecule has 1 N–H and O–H groups in total. The summed E-state index contributed by atoms with van der Waals surface area (Å²) in [4.78, 5) is 0. The molecule has 0 saturated heterocycles. The summed E-state index contributed by atoms with van der Waals surface area (Å²) in [5.41, 5.74) is 6.31. The number of aliphatic hydroxyl groups excluding tert-OH is 1. The van der Waals surface area contributed by atoms with E-state index in [-0.39, 0.29) is 6.61 Å². The van der Waals surface area contributed by atoms with Gasteiger partial charge >= 0.3 is 0 Å². The van der Waals surface area contributed by atoms with Crippen LogP contribution in [-0.4, -0.2) is 18.3 Å². The van der Waals surface area contributed by atoms with Crippen LogP contribution in [0.4, 0.5) is 0 Å². The van der Waals surface area contributed by atoms with E-state index in [4.69, 9.17) is 9.84 Å². The SMILES string of the molecule is CCCOc1ccc(Cc2cc(CCO)ccc2C)cc1C. The Labute approximate surface area is 133 Å². The molecule has 2 aromatic carbocycles. The van der Waals surface area contributed by atoms with Crippen LogP contribution in [0.5, 0.6) is 5.75 Å². The van der Waals surface area contributed by atoms with E-state index >= 15 is 0 Å². The summed E-state index contributed by atoms with van der Waals surface area (Å²) in [7, 11) is 0. The average Bonchev–Trinajstić information content (AvgIpc) is 2.50. The molecule has 2 heteroatoms. The van der Waals surface area contributed by atoms with Crippen molar-refractivity contribution in [1.29, 1.82) is 0 Å². The van der Waals surface area contributed by atoms with Crippen molar-refractivity contribution < 1.29 is 9.84 Å². The van der Waals surface area contributed by atoms with Crippen molar-refractivity contribution in [2.75, 3.05) is 13.2 Å². The molecular formula is C20H26O2. The van der Waals surface area contributed by atoms with Gasteiger partial charge in [-0.3, -0.25) is 0 Å². The molecule has 0 amide bonds. The van der Waals surface area contributed by atoms with E-state index < -0.39 is 0 Å². The lowest BCUT2D eigenvalue weighted by Gasteiger charge is -2.12. The van der Waals surface area contributed by atoms with Crippen LogP contribution in [0.2, 0.25) is 0 Å². The first kappa shape index (κ1) is 16.6. The first-order valence-electron chi connectivity index (χ1n) is 8.05. The van der Waals surface area contributed by atoms with E-state index in [0.717, 1.165) is 31.6 Å². The smallest absolute Gasteiger partial charge is 0.122 e.